The van der Waals surface area contributed by atoms with Crippen LogP contribution in [0.5, 0.6) is 5.75 Å². The number of phenols is 1. The Morgan fingerprint density at radius 2 is 1.44 bits per heavy atom. The molecule has 5 rings (SSSR count). The molecule has 0 fully saturated rings. The molecule has 0 aliphatic heterocycles. The van der Waals surface area contributed by atoms with Gasteiger partial charge in [0.2, 0.25) is 0 Å². The van der Waals surface area contributed by atoms with Gasteiger partial charge in [0.25, 0.3) is 0 Å². The fourth-order valence-corrected chi connectivity index (χ4v) is 4.88. The van der Waals surface area contributed by atoms with E-state index in [1.165, 1.54) is 0 Å². The van der Waals surface area contributed by atoms with Crippen LogP contribution in [0.4, 0.5) is 0 Å². The average molecular weight is 714 g/mol. The first-order chi connectivity index (χ1) is 18.2. The van der Waals surface area contributed by atoms with Crippen molar-refractivity contribution in [3.8, 4) is 39.9 Å². The van der Waals surface area contributed by atoms with E-state index in [1.54, 1.807) is 36.2 Å². The average Bonchev–Trinajstić information content (AvgIpc) is 2.88. The van der Waals surface area contributed by atoms with E-state index >= 15 is 0 Å². The number of nitrogens with zero attached hydrogens (tertiary/aromatic N) is 5. The molecule has 0 amide bonds. The maximum atomic E-state index is 10.6. The first kappa shape index (κ1) is 28.6. The number of aromatic nitrogens is 5. The Bertz CT molecular complexity index is 1600. The molecule has 0 spiro atoms. The number of rotatable bonds is 5. The number of phenolic OH excluding ortho intramolecular Hbond substituents is 1. The number of aromatic hydroxyl groups is 1. The summed E-state index contributed by atoms with van der Waals surface area (Å²) in [5.74, 6) is 1.49. The topological polar surface area (TPSA) is 84.7 Å². The van der Waals surface area contributed by atoms with Crippen molar-refractivity contribution in [3.63, 3.8) is 0 Å². The predicted octanol–water partition coefficient (Wildman–Crippen LogP) is 7.23. The van der Waals surface area contributed by atoms with Crippen LogP contribution in [0.1, 0.15) is 37.7 Å². The van der Waals surface area contributed by atoms with Gasteiger partial charge in [-0.3, -0.25) is 15.0 Å². The molecule has 0 bridgehead atoms. The maximum absolute atomic E-state index is 10.6. The fraction of sp³-hybridized carbons (Fsp3) is 0.194. The number of para-hydroxylation sites is 1. The Labute approximate surface area is 247 Å². The van der Waals surface area contributed by atoms with Gasteiger partial charge in [0.1, 0.15) is 5.75 Å². The summed E-state index contributed by atoms with van der Waals surface area (Å²) in [5.41, 5.74) is 4.90. The Hall–Kier alpha value is -3.41. The van der Waals surface area contributed by atoms with Crippen molar-refractivity contribution in [2.75, 3.05) is 0 Å². The van der Waals surface area contributed by atoms with Crippen LogP contribution >= 0.6 is 11.8 Å². The van der Waals surface area contributed by atoms with Gasteiger partial charge in [0, 0.05) is 44.2 Å². The second-order valence-electron chi connectivity index (χ2n) is 10.1. The van der Waals surface area contributed by atoms with E-state index in [4.69, 9.17) is 15.0 Å². The van der Waals surface area contributed by atoms with E-state index in [2.05, 4.69) is 48.9 Å². The zero-order valence-electron chi connectivity index (χ0n) is 22.3. The van der Waals surface area contributed by atoms with E-state index in [0.717, 1.165) is 38.0 Å². The second-order valence-corrected chi connectivity index (χ2v) is 11.2. The fourth-order valence-electron chi connectivity index (χ4n) is 4.04. The molecule has 0 atom stereocenters. The molecule has 8 heteroatoms. The van der Waals surface area contributed by atoms with Crippen LogP contribution in [0, 0.1) is 19.9 Å². The number of aryl methyl sites for hydroxylation is 2. The Balaban J connectivity index is 0.00000353. The van der Waals surface area contributed by atoms with Gasteiger partial charge in [0.05, 0.1) is 16.4 Å². The predicted molar refractivity (Wildman–Crippen MR) is 151 cm³/mol. The van der Waals surface area contributed by atoms with Gasteiger partial charge in [0.15, 0.2) is 11.6 Å². The van der Waals surface area contributed by atoms with E-state index in [1.807, 2.05) is 50.2 Å². The van der Waals surface area contributed by atoms with Gasteiger partial charge in [-0.05, 0) is 55.7 Å². The molecule has 0 radical (unpaired) electrons. The summed E-state index contributed by atoms with van der Waals surface area (Å²) < 4.78 is 0. The van der Waals surface area contributed by atoms with E-state index in [-0.39, 0.29) is 32.2 Å². The van der Waals surface area contributed by atoms with Gasteiger partial charge in [-0.1, -0.05) is 55.6 Å². The number of pyridine rings is 2. The molecule has 200 valence electrons. The van der Waals surface area contributed by atoms with Crippen LogP contribution in [0.2, 0.25) is 0 Å². The molecule has 3 heterocycles. The third kappa shape index (κ3) is 6.78. The van der Waals surface area contributed by atoms with Crippen LogP contribution in [-0.2, 0) is 26.5 Å². The summed E-state index contributed by atoms with van der Waals surface area (Å²) in [6.07, 6.45) is 1.78. The Morgan fingerprint density at radius 3 is 2.10 bits per heavy atom. The minimum atomic E-state index is -0.112. The molecule has 0 aliphatic carbocycles. The molecule has 0 unspecified atom stereocenters. The van der Waals surface area contributed by atoms with Gasteiger partial charge < -0.3 is 5.11 Å². The molecular formula is C31H28N5OPtS-. The maximum Gasteiger partial charge on any atom is 0.158 e. The van der Waals surface area contributed by atoms with Crippen molar-refractivity contribution in [3.05, 3.63) is 95.9 Å². The SMILES string of the molecule is Cc1cc(-c2nc(-c3[c-]c(Sc4ccccn4)cc(C(C)(C)C)c3)nc(-c3ccccc3O)n2)cc(C)n1.[Pt]. The van der Waals surface area contributed by atoms with Crippen LogP contribution in [-0.4, -0.2) is 30.0 Å². The molecule has 2 aromatic carbocycles. The summed E-state index contributed by atoms with van der Waals surface area (Å²) in [7, 11) is 0. The van der Waals surface area contributed by atoms with Gasteiger partial charge in [-0.2, -0.15) is 0 Å². The monoisotopic (exact) mass is 713 g/mol. The zero-order valence-corrected chi connectivity index (χ0v) is 25.4. The van der Waals surface area contributed by atoms with Crippen LogP contribution in [0.3, 0.4) is 0 Å². The zero-order chi connectivity index (χ0) is 26.9. The molecule has 3 aromatic heterocycles. The third-order valence-corrected chi connectivity index (χ3v) is 6.81. The molecular weight excluding hydrogens is 686 g/mol. The van der Waals surface area contributed by atoms with Crippen molar-refractivity contribution >= 4 is 11.8 Å². The normalized spacial score (nSPS) is 11.2. The second kappa shape index (κ2) is 11.8. The minimum absolute atomic E-state index is 0. The van der Waals surface area contributed by atoms with Crippen molar-refractivity contribution in [2.24, 2.45) is 0 Å². The van der Waals surface area contributed by atoms with Crippen LogP contribution < -0.4 is 0 Å². The first-order valence-electron chi connectivity index (χ1n) is 12.3. The quantitative estimate of drug-likeness (QED) is 0.193. The van der Waals surface area contributed by atoms with E-state index in [9.17, 15) is 5.11 Å². The summed E-state index contributed by atoms with van der Waals surface area (Å²) in [5, 5.41) is 11.5. The molecule has 39 heavy (non-hydrogen) atoms. The molecule has 0 saturated carbocycles. The molecule has 1 N–H and O–H groups in total. The van der Waals surface area contributed by atoms with Crippen molar-refractivity contribution in [1.82, 2.24) is 24.9 Å². The van der Waals surface area contributed by atoms with Gasteiger partial charge in [-0.25, -0.2) is 9.97 Å². The summed E-state index contributed by atoms with van der Waals surface area (Å²) in [4.78, 5) is 24.4. The van der Waals surface area contributed by atoms with Gasteiger partial charge in [-0.15, -0.1) is 29.3 Å². The Morgan fingerprint density at radius 1 is 0.769 bits per heavy atom. The molecule has 5 aromatic rings. The van der Waals surface area contributed by atoms with Crippen LogP contribution in [0.15, 0.2) is 82.8 Å². The first-order valence-corrected chi connectivity index (χ1v) is 13.1. The van der Waals surface area contributed by atoms with E-state index in [0.29, 0.717) is 23.0 Å². The summed E-state index contributed by atoms with van der Waals surface area (Å²) in [6, 6.07) is 24.6. The smallest absolute Gasteiger partial charge is 0.158 e. The van der Waals surface area contributed by atoms with Crippen molar-refractivity contribution in [1.29, 1.82) is 0 Å². The van der Waals surface area contributed by atoms with Crippen molar-refractivity contribution in [2.45, 2.75) is 50.0 Å². The summed E-state index contributed by atoms with van der Waals surface area (Å²) in [6.45, 7) is 10.4. The summed E-state index contributed by atoms with van der Waals surface area (Å²) >= 11 is 1.55. The minimum Gasteiger partial charge on any atom is -0.507 e. The largest absolute Gasteiger partial charge is 0.507 e. The van der Waals surface area contributed by atoms with Crippen molar-refractivity contribution < 1.29 is 26.2 Å². The van der Waals surface area contributed by atoms with Gasteiger partial charge >= 0.3 is 0 Å². The number of hydrogen-bond donors (Lipinski definition) is 1. The third-order valence-electron chi connectivity index (χ3n) is 5.92. The molecule has 0 saturated heterocycles. The number of hydrogen-bond acceptors (Lipinski definition) is 7. The van der Waals surface area contributed by atoms with Crippen LogP contribution in [0.25, 0.3) is 34.2 Å². The standard InChI is InChI=1S/C31H28N5OS.Pt/c1-19-14-21(15-20(2)33-19)28-34-29(36-30(35-28)25-10-6-7-11-26(25)37)22-16-23(31(3,4)5)18-24(17-22)38-27-12-8-9-13-32-27;/h6-16,18,37H,1-5H3;/q-1;. The van der Waals surface area contributed by atoms with E-state index < -0.39 is 0 Å². The Kier molecular flexibility index (Phi) is 8.63. The molecule has 0 aliphatic rings. The molecule has 6 nitrogen and oxygen atoms in total. The number of benzene rings is 2.